The highest BCUT2D eigenvalue weighted by atomic mass is 16.5. The lowest BCUT2D eigenvalue weighted by Gasteiger charge is -2.36. The molecule has 3 aromatic rings. The predicted molar refractivity (Wildman–Crippen MR) is 117 cm³/mol. The number of piperazine rings is 1. The minimum absolute atomic E-state index is 0.627. The second-order valence-corrected chi connectivity index (χ2v) is 8.05. The predicted octanol–water partition coefficient (Wildman–Crippen LogP) is 4.00. The summed E-state index contributed by atoms with van der Waals surface area (Å²) in [6.07, 6.45) is 0.778. The summed E-state index contributed by atoms with van der Waals surface area (Å²) in [6, 6.07) is 25.1. The van der Waals surface area contributed by atoms with Crippen LogP contribution in [0.5, 0.6) is 0 Å². The molecule has 1 saturated heterocycles. The van der Waals surface area contributed by atoms with Crippen LogP contribution in [0.1, 0.15) is 29.0 Å². The SMILES string of the molecule is Cc1cc(CN2CCN(CCC(C#N)(c3ccccc3)c3ccccc3)CC2)no1. The first kappa shape index (κ1) is 20.3. The van der Waals surface area contributed by atoms with Crippen LogP contribution >= 0.6 is 0 Å². The second-order valence-electron chi connectivity index (χ2n) is 8.05. The number of hydrogen-bond acceptors (Lipinski definition) is 5. The minimum Gasteiger partial charge on any atom is -0.361 e. The largest absolute Gasteiger partial charge is 0.361 e. The first-order chi connectivity index (χ1) is 14.7. The summed E-state index contributed by atoms with van der Waals surface area (Å²) in [5.41, 5.74) is 2.51. The zero-order valence-electron chi connectivity index (χ0n) is 17.5. The molecule has 5 nitrogen and oxygen atoms in total. The van der Waals surface area contributed by atoms with Crippen LogP contribution in [-0.4, -0.2) is 47.7 Å². The van der Waals surface area contributed by atoms with Crippen LogP contribution in [0.3, 0.4) is 0 Å². The third kappa shape index (κ3) is 4.46. The molecule has 0 unspecified atom stereocenters. The Kier molecular flexibility index (Phi) is 6.27. The van der Waals surface area contributed by atoms with Crippen molar-refractivity contribution in [2.45, 2.75) is 25.3 Å². The first-order valence-corrected chi connectivity index (χ1v) is 10.6. The third-order valence-corrected chi connectivity index (χ3v) is 6.05. The lowest BCUT2D eigenvalue weighted by Crippen LogP contribution is -2.47. The maximum Gasteiger partial charge on any atom is 0.133 e. The molecule has 0 atom stereocenters. The van der Waals surface area contributed by atoms with E-state index < -0.39 is 5.41 Å². The number of aromatic nitrogens is 1. The molecule has 2 heterocycles. The molecule has 5 heteroatoms. The number of aryl methyl sites for hydroxylation is 1. The van der Waals surface area contributed by atoms with Gasteiger partial charge in [0, 0.05) is 45.3 Å². The van der Waals surface area contributed by atoms with Gasteiger partial charge in [0.1, 0.15) is 11.2 Å². The maximum atomic E-state index is 10.3. The Labute approximate surface area is 178 Å². The summed E-state index contributed by atoms with van der Waals surface area (Å²) in [4.78, 5) is 4.89. The van der Waals surface area contributed by atoms with Gasteiger partial charge >= 0.3 is 0 Å². The average Bonchev–Trinajstić information content (AvgIpc) is 3.21. The van der Waals surface area contributed by atoms with E-state index in [0.29, 0.717) is 0 Å². The Balaban J connectivity index is 1.42. The van der Waals surface area contributed by atoms with E-state index in [1.165, 1.54) is 0 Å². The highest BCUT2D eigenvalue weighted by molar-refractivity contribution is 5.45. The fourth-order valence-corrected chi connectivity index (χ4v) is 4.30. The number of benzene rings is 2. The summed E-state index contributed by atoms with van der Waals surface area (Å²) >= 11 is 0. The number of nitriles is 1. The van der Waals surface area contributed by atoms with Crippen molar-refractivity contribution in [2.24, 2.45) is 0 Å². The summed E-state index contributed by atoms with van der Waals surface area (Å²) in [7, 11) is 0. The minimum atomic E-state index is -0.627. The molecule has 0 spiro atoms. The average molecular weight is 401 g/mol. The van der Waals surface area contributed by atoms with Gasteiger partial charge < -0.3 is 9.42 Å². The topological polar surface area (TPSA) is 56.3 Å². The van der Waals surface area contributed by atoms with E-state index >= 15 is 0 Å². The normalized spacial score (nSPS) is 15.7. The van der Waals surface area contributed by atoms with Gasteiger partial charge in [-0.2, -0.15) is 5.26 Å². The summed E-state index contributed by atoms with van der Waals surface area (Å²) in [5.74, 6) is 0.860. The van der Waals surface area contributed by atoms with Crippen molar-refractivity contribution in [3.05, 3.63) is 89.3 Å². The second kappa shape index (κ2) is 9.25. The van der Waals surface area contributed by atoms with E-state index in [0.717, 1.165) is 68.3 Å². The molecule has 4 rings (SSSR count). The van der Waals surface area contributed by atoms with Gasteiger partial charge in [0.05, 0.1) is 11.8 Å². The highest BCUT2D eigenvalue weighted by Crippen LogP contribution is 2.35. The van der Waals surface area contributed by atoms with E-state index in [2.05, 4.69) is 45.3 Å². The maximum absolute atomic E-state index is 10.3. The van der Waals surface area contributed by atoms with Crippen molar-refractivity contribution in [1.29, 1.82) is 5.26 Å². The van der Waals surface area contributed by atoms with Crippen LogP contribution in [0.2, 0.25) is 0 Å². The monoisotopic (exact) mass is 400 g/mol. The van der Waals surface area contributed by atoms with E-state index in [9.17, 15) is 5.26 Å². The van der Waals surface area contributed by atoms with Gasteiger partial charge in [-0.15, -0.1) is 0 Å². The first-order valence-electron chi connectivity index (χ1n) is 10.6. The molecule has 1 fully saturated rings. The van der Waals surface area contributed by atoms with Crippen molar-refractivity contribution in [3.63, 3.8) is 0 Å². The molecule has 0 radical (unpaired) electrons. The van der Waals surface area contributed by atoms with E-state index in [1.54, 1.807) is 0 Å². The molecule has 0 saturated carbocycles. The van der Waals surface area contributed by atoms with Gasteiger partial charge in [-0.3, -0.25) is 4.90 Å². The Bertz CT molecular complexity index is 930. The van der Waals surface area contributed by atoms with E-state index in [4.69, 9.17) is 4.52 Å². The lowest BCUT2D eigenvalue weighted by molar-refractivity contribution is 0.121. The molecule has 30 heavy (non-hydrogen) atoms. The molecule has 154 valence electrons. The zero-order valence-corrected chi connectivity index (χ0v) is 17.5. The van der Waals surface area contributed by atoms with Gasteiger partial charge in [0.25, 0.3) is 0 Å². The molecule has 0 aliphatic carbocycles. The van der Waals surface area contributed by atoms with Crippen molar-refractivity contribution < 1.29 is 4.52 Å². The van der Waals surface area contributed by atoms with E-state index in [1.807, 2.05) is 49.4 Å². The Hall–Kier alpha value is -2.94. The molecule has 1 aliphatic heterocycles. The van der Waals surface area contributed by atoms with Crippen LogP contribution < -0.4 is 0 Å². The lowest BCUT2D eigenvalue weighted by atomic mass is 9.73. The summed E-state index contributed by atoms with van der Waals surface area (Å²) in [5, 5.41) is 14.4. The van der Waals surface area contributed by atoms with Crippen molar-refractivity contribution in [2.75, 3.05) is 32.7 Å². The number of rotatable bonds is 7. The Morgan fingerprint density at radius 3 is 2.00 bits per heavy atom. The molecular weight excluding hydrogens is 372 g/mol. The van der Waals surface area contributed by atoms with Crippen LogP contribution in [-0.2, 0) is 12.0 Å². The van der Waals surface area contributed by atoms with Crippen LogP contribution in [0.15, 0.2) is 71.3 Å². The molecule has 1 aromatic heterocycles. The van der Waals surface area contributed by atoms with Gasteiger partial charge in [-0.05, 0) is 24.5 Å². The van der Waals surface area contributed by atoms with Crippen LogP contribution in [0, 0.1) is 18.3 Å². The summed E-state index contributed by atoms with van der Waals surface area (Å²) < 4.78 is 5.18. The van der Waals surface area contributed by atoms with Gasteiger partial charge in [-0.25, -0.2) is 0 Å². The fraction of sp³-hybridized carbons (Fsp3) is 0.360. The van der Waals surface area contributed by atoms with Gasteiger partial charge in [0.2, 0.25) is 0 Å². The van der Waals surface area contributed by atoms with E-state index in [-0.39, 0.29) is 0 Å². The Morgan fingerprint density at radius 2 is 1.50 bits per heavy atom. The van der Waals surface area contributed by atoms with Gasteiger partial charge in [0.15, 0.2) is 0 Å². The standard InChI is InChI=1S/C25H28N4O/c1-21-18-24(27-30-21)19-29-16-14-28(15-17-29)13-12-25(20-26,22-8-4-2-5-9-22)23-10-6-3-7-11-23/h2-11,18H,12-17,19H2,1H3. The fourth-order valence-electron chi connectivity index (χ4n) is 4.30. The van der Waals surface area contributed by atoms with Crippen molar-refractivity contribution >= 4 is 0 Å². The van der Waals surface area contributed by atoms with Crippen LogP contribution in [0.4, 0.5) is 0 Å². The highest BCUT2D eigenvalue weighted by Gasteiger charge is 2.35. The molecule has 0 amide bonds. The molecule has 0 bridgehead atoms. The smallest absolute Gasteiger partial charge is 0.133 e. The molecule has 1 aliphatic rings. The molecule has 2 aromatic carbocycles. The summed E-state index contributed by atoms with van der Waals surface area (Å²) in [6.45, 7) is 7.67. The quantitative estimate of drug-likeness (QED) is 0.600. The zero-order chi connectivity index (χ0) is 20.8. The van der Waals surface area contributed by atoms with Crippen molar-refractivity contribution in [3.8, 4) is 6.07 Å². The number of nitrogens with zero attached hydrogens (tertiary/aromatic N) is 4. The van der Waals surface area contributed by atoms with Crippen molar-refractivity contribution in [1.82, 2.24) is 15.0 Å². The van der Waals surface area contributed by atoms with Gasteiger partial charge in [-0.1, -0.05) is 65.8 Å². The van der Waals surface area contributed by atoms with Crippen LogP contribution in [0.25, 0.3) is 0 Å². The Morgan fingerprint density at radius 1 is 0.933 bits per heavy atom. The number of hydrogen-bond donors (Lipinski definition) is 0. The molecular formula is C25H28N4O. The third-order valence-electron chi connectivity index (χ3n) is 6.05. The molecule has 0 N–H and O–H groups in total.